The van der Waals surface area contributed by atoms with E-state index in [1.807, 2.05) is 49.6 Å². The summed E-state index contributed by atoms with van der Waals surface area (Å²) in [6.45, 7) is 6.54. The van der Waals surface area contributed by atoms with Crippen LogP contribution in [0.5, 0.6) is 0 Å². The molecule has 2 aromatic heterocycles. The Kier molecular flexibility index (Phi) is 4.08. The molecule has 6 rings (SSSR count). The number of benzene rings is 3. The van der Waals surface area contributed by atoms with Crippen LogP contribution in [0.1, 0.15) is 19.4 Å². The van der Waals surface area contributed by atoms with Gasteiger partial charge in [0.15, 0.2) is 6.20 Å². The summed E-state index contributed by atoms with van der Waals surface area (Å²) < 4.78 is 25.9. The van der Waals surface area contributed by atoms with Crippen LogP contribution in [0.15, 0.2) is 71.3 Å². The Morgan fingerprint density at radius 2 is 1.76 bits per heavy atom. The number of fused-ring (bicyclic) bond motifs is 4. The first-order valence-corrected chi connectivity index (χ1v) is 14.8. The van der Waals surface area contributed by atoms with Crippen LogP contribution in [0.2, 0.25) is 19.1 Å². The van der Waals surface area contributed by atoms with Crippen molar-refractivity contribution in [3.05, 3.63) is 83.6 Å². The van der Waals surface area contributed by atoms with Crippen LogP contribution in [0.4, 0.5) is 0 Å². The van der Waals surface area contributed by atoms with Crippen molar-refractivity contribution >= 4 is 35.2 Å². The van der Waals surface area contributed by atoms with Gasteiger partial charge >= 0.3 is 0 Å². The molecule has 0 amide bonds. The van der Waals surface area contributed by atoms with E-state index in [2.05, 4.69) is 54.9 Å². The maximum Gasteiger partial charge on any atom is 0.216 e. The van der Waals surface area contributed by atoms with Crippen molar-refractivity contribution in [2.75, 3.05) is 0 Å². The fraction of sp³-hybridized carbons (Fsp3) is 0.200. The molecular formula is C30H27N2OSi+. The van der Waals surface area contributed by atoms with Gasteiger partial charge in [-0.05, 0) is 54.2 Å². The summed E-state index contributed by atoms with van der Waals surface area (Å²) in [7, 11) is 0.0866. The zero-order chi connectivity index (χ0) is 25.4. The topological polar surface area (TPSA) is 40.8 Å². The molecule has 0 fully saturated rings. The quantitative estimate of drug-likeness (QED) is 0.226. The van der Waals surface area contributed by atoms with Crippen LogP contribution in [-0.2, 0) is 13.4 Å². The standard InChI is InChI=1S/C30H27N2OSi/c1-19-8-12-23-24-13-11-22(18-31)28(21-10-9-20-14-16-34(3,4)26(20)17-21)30(24)33-29(23)27(19)25-7-5-6-15-32(25)2/h5-13,15,17H,14,16H2,1-4H3/q+1/i14D2. The van der Waals surface area contributed by atoms with Crippen molar-refractivity contribution in [1.82, 2.24) is 0 Å². The lowest BCUT2D eigenvalue weighted by Gasteiger charge is -2.17. The van der Waals surface area contributed by atoms with Gasteiger partial charge in [0.25, 0.3) is 0 Å². The fourth-order valence-electron chi connectivity index (χ4n) is 5.31. The molecule has 3 heterocycles. The average molecular weight is 462 g/mol. The number of nitriles is 1. The monoisotopic (exact) mass is 461 g/mol. The van der Waals surface area contributed by atoms with E-state index >= 15 is 0 Å². The Morgan fingerprint density at radius 1 is 1.00 bits per heavy atom. The molecule has 0 radical (unpaired) electrons. The predicted molar refractivity (Wildman–Crippen MR) is 141 cm³/mol. The van der Waals surface area contributed by atoms with Gasteiger partial charge in [-0.15, -0.1) is 0 Å². The minimum absolute atomic E-state index is 0.561. The number of aryl methyl sites for hydroxylation is 3. The molecule has 4 heteroatoms. The van der Waals surface area contributed by atoms with E-state index < -0.39 is 14.4 Å². The summed E-state index contributed by atoms with van der Waals surface area (Å²) in [5.41, 5.74) is 7.81. The summed E-state index contributed by atoms with van der Waals surface area (Å²) in [4.78, 5) is 0. The molecule has 0 unspecified atom stereocenters. The minimum Gasteiger partial charge on any atom is -0.454 e. The van der Waals surface area contributed by atoms with Gasteiger partial charge in [0.05, 0.1) is 25.3 Å². The first-order valence-electron chi connectivity index (χ1n) is 12.6. The first kappa shape index (κ1) is 18.7. The molecule has 0 bridgehead atoms. The van der Waals surface area contributed by atoms with Crippen molar-refractivity contribution < 1.29 is 11.7 Å². The Hall–Kier alpha value is -3.68. The fourth-order valence-corrected chi connectivity index (χ4v) is 7.58. The maximum absolute atomic E-state index is 10.1. The third-order valence-corrected chi connectivity index (χ3v) is 10.1. The second kappa shape index (κ2) is 7.41. The zero-order valence-corrected chi connectivity index (χ0v) is 20.9. The third-order valence-electron chi connectivity index (χ3n) is 7.21. The van der Waals surface area contributed by atoms with Gasteiger partial charge in [-0.3, -0.25) is 0 Å². The molecule has 166 valence electrons. The molecular weight excluding hydrogens is 432 g/mol. The zero-order valence-electron chi connectivity index (χ0n) is 21.9. The largest absolute Gasteiger partial charge is 0.454 e. The summed E-state index contributed by atoms with van der Waals surface area (Å²) >= 11 is 0. The number of hydrogen-bond donors (Lipinski definition) is 0. The van der Waals surface area contributed by atoms with Crippen molar-refractivity contribution in [2.24, 2.45) is 7.05 Å². The van der Waals surface area contributed by atoms with Gasteiger partial charge in [-0.1, -0.05) is 48.6 Å². The van der Waals surface area contributed by atoms with Crippen molar-refractivity contribution in [1.29, 1.82) is 5.26 Å². The van der Waals surface area contributed by atoms with Gasteiger partial charge in [0.2, 0.25) is 5.69 Å². The lowest BCUT2D eigenvalue weighted by molar-refractivity contribution is -0.660. The van der Waals surface area contributed by atoms with Crippen LogP contribution >= 0.6 is 0 Å². The van der Waals surface area contributed by atoms with Crippen LogP contribution in [0.25, 0.3) is 44.3 Å². The van der Waals surface area contributed by atoms with Crippen LogP contribution in [0.3, 0.4) is 0 Å². The highest BCUT2D eigenvalue weighted by molar-refractivity contribution is 6.91. The number of hydrogen-bond acceptors (Lipinski definition) is 2. The second-order valence-corrected chi connectivity index (χ2v) is 14.6. The minimum atomic E-state index is -1.95. The molecule has 0 saturated heterocycles. The molecule has 0 saturated carbocycles. The highest BCUT2D eigenvalue weighted by Crippen LogP contribution is 2.42. The maximum atomic E-state index is 10.1. The molecule has 1 aliphatic heterocycles. The number of furan rings is 1. The molecule has 0 aliphatic carbocycles. The van der Waals surface area contributed by atoms with Gasteiger partial charge in [-0.2, -0.15) is 5.26 Å². The Labute approximate surface area is 203 Å². The SMILES string of the molecule is [2H]C1([2H])C[Si](C)(C)c2cc(-c3c(C#N)ccc4c3oc3c(-c5cccc[n+]5C)c(C)ccc34)ccc21. The number of nitrogens with zero attached hydrogens (tertiary/aromatic N) is 2. The average Bonchev–Trinajstić information content (AvgIpc) is 3.29. The normalized spacial score (nSPS) is 16.8. The summed E-state index contributed by atoms with van der Waals surface area (Å²) in [5.74, 6) is 0. The number of aromatic nitrogens is 1. The first-order chi connectivity index (χ1) is 17.1. The summed E-state index contributed by atoms with van der Waals surface area (Å²) in [5, 5.41) is 13.2. The van der Waals surface area contributed by atoms with Crippen LogP contribution in [0, 0.1) is 18.3 Å². The van der Waals surface area contributed by atoms with Gasteiger partial charge in [0.1, 0.15) is 18.2 Å². The van der Waals surface area contributed by atoms with E-state index in [1.165, 1.54) is 0 Å². The van der Waals surface area contributed by atoms with E-state index in [9.17, 15) is 5.26 Å². The van der Waals surface area contributed by atoms with E-state index in [4.69, 9.17) is 7.16 Å². The smallest absolute Gasteiger partial charge is 0.216 e. The van der Waals surface area contributed by atoms with Gasteiger partial charge in [-0.25, -0.2) is 4.57 Å². The van der Waals surface area contributed by atoms with E-state index in [-0.39, 0.29) is 0 Å². The van der Waals surface area contributed by atoms with Crippen LogP contribution < -0.4 is 9.75 Å². The highest BCUT2D eigenvalue weighted by atomic mass is 28.3. The molecule has 1 aliphatic rings. The predicted octanol–water partition coefficient (Wildman–Crippen LogP) is 6.40. The van der Waals surface area contributed by atoms with E-state index in [1.54, 1.807) is 0 Å². The summed E-state index contributed by atoms with van der Waals surface area (Å²) in [6.07, 6.45) is 0.731. The molecule has 3 aromatic carbocycles. The Morgan fingerprint density at radius 3 is 2.53 bits per heavy atom. The van der Waals surface area contributed by atoms with Crippen LogP contribution in [-0.4, -0.2) is 8.07 Å². The molecule has 5 aromatic rings. The van der Waals surface area contributed by atoms with Crippen molar-refractivity contribution in [2.45, 2.75) is 32.4 Å². The number of pyridine rings is 1. The molecule has 34 heavy (non-hydrogen) atoms. The number of rotatable bonds is 2. The summed E-state index contributed by atoms with van der Waals surface area (Å²) in [6, 6.07) is 23.2. The Bertz CT molecular complexity index is 1760. The Balaban J connectivity index is 1.68. The van der Waals surface area contributed by atoms with E-state index in [0.717, 1.165) is 55.1 Å². The lowest BCUT2D eigenvalue weighted by atomic mass is 9.95. The third kappa shape index (κ3) is 2.97. The molecule has 0 spiro atoms. The highest BCUT2D eigenvalue weighted by Gasteiger charge is 2.32. The molecule has 0 atom stereocenters. The van der Waals surface area contributed by atoms with Gasteiger partial charge < -0.3 is 4.42 Å². The van der Waals surface area contributed by atoms with Crippen molar-refractivity contribution in [3.8, 4) is 28.5 Å². The second-order valence-electron chi connectivity index (χ2n) is 9.91. The lowest BCUT2D eigenvalue weighted by Crippen LogP contribution is -2.37. The van der Waals surface area contributed by atoms with Gasteiger partial charge in [0, 0.05) is 31.2 Å². The molecule has 3 nitrogen and oxygen atoms in total. The van der Waals surface area contributed by atoms with Crippen molar-refractivity contribution in [3.63, 3.8) is 0 Å². The van der Waals surface area contributed by atoms with E-state index in [0.29, 0.717) is 17.2 Å². The molecule has 0 N–H and O–H groups in total.